The Labute approximate surface area is 173 Å². The van der Waals surface area contributed by atoms with Crippen LogP contribution in [-0.4, -0.2) is 35.4 Å². The molecule has 2 aliphatic rings. The molecule has 0 atom stereocenters. The van der Waals surface area contributed by atoms with E-state index in [0.29, 0.717) is 31.9 Å². The van der Waals surface area contributed by atoms with Crippen LogP contribution in [0.1, 0.15) is 33.7 Å². The molecule has 5 rings (SSSR count). The van der Waals surface area contributed by atoms with Crippen LogP contribution < -0.4 is 14.8 Å². The lowest BCUT2D eigenvalue weighted by Gasteiger charge is -2.18. The van der Waals surface area contributed by atoms with Crippen LogP contribution in [0.25, 0.3) is 5.69 Å². The molecular formula is C23H22FN3O3. The molecule has 1 amide bonds. The maximum Gasteiger partial charge on any atom is 0.272 e. The van der Waals surface area contributed by atoms with E-state index >= 15 is 0 Å². The Morgan fingerprint density at radius 2 is 1.87 bits per heavy atom. The molecule has 2 aromatic carbocycles. The molecule has 0 unspecified atom stereocenters. The molecule has 7 heteroatoms. The van der Waals surface area contributed by atoms with Crippen molar-refractivity contribution in [3.8, 4) is 17.2 Å². The van der Waals surface area contributed by atoms with Gasteiger partial charge in [0, 0.05) is 17.8 Å². The highest BCUT2D eigenvalue weighted by molar-refractivity contribution is 5.94. The second-order valence-corrected chi connectivity index (χ2v) is 7.50. The molecule has 6 nitrogen and oxygen atoms in total. The van der Waals surface area contributed by atoms with Crippen molar-refractivity contribution >= 4 is 5.91 Å². The molecule has 0 spiro atoms. The fraction of sp³-hybridized carbons (Fsp3) is 0.304. The number of aromatic nitrogens is 2. The van der Waals surface area contributed by atoms with Gasteiger partial charge in [0.1, 0.15) is 19.0 Å². The number of fused-ring (bicyclic) bond motifs is 2. The Bertz CT molecular complexity index is 1090. The van der Waals surface area contributed by atoms with Crippen LogP contribution in [-0.2, 0) is 19.3 Å². The summed E-state index contributed by atoms with van der Waals surface area (Å²) in [6.07, 6.45) is 3.38. The molecule has 0 radical (unpaired) electrons. The van der Waals surface area contributed by atoms with E-state index in [0.717, 1.165) is 53.3 Å². The van der Waals surface area contributed by atoms with Crippen molar-refractivity contribution in [2.45, 2.75) is 25.7 Å². The Hall–Kier alpha value is -3.35. The van der Waals surface area contributed by atoms with E-state index in [1.54, 1.807) is 16.8 Å². The van der Waals surface area contributed by atoms with Gasteiger partial charge in [-0.05, 0) is 67.6 Å². The zero-order chi connectivity index (χ0) is 20.5. The van der Waals surface area contributed by atoms with Crippen LogP contribution in [0, 0.1) is 5.82 Å². The predicted molar refractivity (Wildman–Crippen MR) is 109 cm³/mol. The highest BCUT2D eigenvalue weighted by Gasteiger charge is 2.26. The van der Waals surface area contributed by atoms with Gasteiger partial charge in [-0.1, -0.05) is 6.07 Å². The van der Waals surface area contributed by atoms with Gasteiger partial charge < -0.3 is 14.8 Å². The predicted octanol–water partition coefficient (Wildman–Crippen LogP) is 3.24. The number of benzene rings is 2. The molecule has 154 valence electrons. The van der Waals surface area contributed by atoms with Gasteiger partial charge in [0.25, 0.3) is 5.91 Å². The summed E-state index contributed by atoms with van der Waals surface area (Å²) in [5.74, 6) is 1.04. The minimum absolute atomic E-state index is 0.174. The summed E-state index contributed by atoms with van der Waals surface area (Å²) in [6.45, 7) is 1.61. The number of nitrogens with zero attached hydrogens (tertiary/aromatic N) is 2. The first kappa shape index (κ1) is 18.7. The van der Waals surface area contributed by atoms with E-state index in [2.05, 4.69) is 10.4 Å². The molecule has 2 heterocycles. The topological polar surface area (TPSA) is 65.4 Å². The largest absolute Gasteiger partial charge is 0.486 e. The molecule has 1 aliphatic carbocycles. The van der Waals surface area contributed by atoms with E-state index in [1.807, 2.05) is 18.2 Å². The minimum atomic E-state index is -0.292. The lowest BCUT2D eigenvalue weighted by molar-refractivity contribution is 0.0948. The standard InChI is InChI=1S/C23H22FN3O3/c24-16-5-7-17(8-6-16)27-19-3-1-2-18(19)22(26-27)23(28)25-11-10-15-4-9-20-21(14-15)30-13-12-29-20/h4-9,14H,1-3,10-13H2,(H,25,28). The number of halogens is 1. The number of carbonyl (C=O) groups excluding carboxylic acids is 1. The van der Waals surface area contributed by atoms with Crippen molar-refractivity contribution in [1.29, 1.82) is 0 Å². The molecule has 30 heavy (non-hydrogen) atoms. The smallest absolute Gasteiger partial charge is 0.272 e. The fourth-order valence-corrected chi connectivity index (χ4v) is 4.06. The first-order valence-electron chi connectivity index (χ1n) is 10.2. The van der Waals surface area contributed by atoms with E-state index in [9.17, 15) is 9.18 Å². The Kier molecular flexibility index (Phi) is 4.86. The molecular weight excluding hydrogens is 385 g/mol. The summed E-state index contributed by atoms with van der Waals surface area (Å²) in [6, 6.07) is 12.0. The maximum absolute atomic E-state index is 13.3. The third-order valence-electron chi connectivity index (χ3n) is 5.52. The number of amides is 1. The summed E-state index contributed by atoms with van der Waals surface area (Å²) in [7, 11) is 0. The van der Waals surface area contributed by atoms with Crippen molar-refractivity contribution in [2.24, 2.45) is 0 Å². The molecule has 1 aromatic heterocycles. The van der Waals surface area contributed by atoms with Crippen LogP contribution in [0.2, 0.25) is 0 Å². The van der Waals surface area contributed by atoms with Gasteiger partial charge >= 0.3 is 0 Å². The number of nitrogens with one attached hydrogen (secondary N) is 1. The van der Waals surface area contributed by atoms with E-state index in [1.165, 1.54) is 12.1 Å². The van der Waals surface area contributed by atoms with E-state index in [4.69, 9.17) is 9.47 Å². The van der Waals surface area contributed by atoms with Crippen molar-refractivity contribution < 1.29 is 18.7 Å². The molecule has 1 N–H and O–H groups in total. The monoisotopic (exact) mass is 407 g/mol. The molecule has 1 aliphatic heterocycles. The highest BCUT2D eigenvalue weighted by Crippen LogP contribution is 2.31. The summed E-state index contributed by atoms with van der Waals surface area (Å²) < 4.78 is 26.2. The van der Waals surface area contributed by atoms with Crippen LogP contribution in [0.3, 0.4) is 0 Å². The second kappa shape index (κ2) is 7.82. The van der Waals surface area contributed by atoms with Crippen molar-refractivity contribution in [1.82, 2.24) is 15.1 Å². The zero-order valence-electron chi connectivity index (χ0n) is 16.5. The quantitative estimate of drug-likeness (QED) is 0.705. The van der Waals surface area contributed by atoms with Crippen LogP contribution in [0.5, 0.6) is 11.5 Å². The molecule has 3 aromatic rings. The number of ether oxygens (including phenoxy) is 2. The lowest BCUT2D eigenvalue weighted by Crippen LogP contribution is -2.27. The SMILES string of the molecule is O=C(NCCc1ccc2c(c1)OCCO2)c1nn(-c2ccc(F)cc2)c2c1CCC2. The summed E-state index contributed by atoms with van der Waals surface area (Å²) in [5, 5.41) is 7.54. The Morgan fingerprint density at radius 1 is 1.07 bits per heavy atom. The first-order chi connectivity index (χ1) is 14.7. The van der Waals surface area contributed by atoms with Crippen LogP contribution in [0.15, 0.2) is 42.5 Å². The normalized spacial score (nSPS) is 14.4. The van der Waals surface area contributed by atoms with E-state index < -0.39 is 0 Å². The number of hydrogen-bond donors (Lipinski definition) is 1. The van der Waals surface area contributed by atoms with Crippen molar-refractivity contribution in [3.63, 3.8) is 0 Å². The molecule has 0 saturated heterocycles. The van der Waals surface area contributed by atoms with Gasteiger partial charge in [0.2, 0.25) is 0 Å². The van der Waals surface area contributed by atoms with Gasteiger partial charge in [0.15, 0.2) is 17.2 Å². The third kappa shape index (κ3) is 3.51. The van der Waals surface area contributed by atoms with E-state index in [-0.39, 0.29) is 11.7 Å². The molecule has 0 saturated carbocycles. The van der Waals surface area contributed by atoms with Gasteiger partial charge in [-0.25, -0.2) is 9.07 Å². The minimum Gasteiger partial charge on any atom is -0.486 e. The second-order valence-electron chi connectivity index (χ2n) is 7.50. The number of rotatable bonds is 5. The summed E-state index contributed by atoms with van der Waals surface area (Å²) >= 11 is 0. The zero-order valence-corrected chi connectivity index (χ0v) is 16.5. The number of carbonyl (C=O) groups is 1. The average Bonchev–Trinajstić information content (AvgIpc) is 3.37. The summed E-state index contributed by atoms with van der Waals surface area (Å²) in [5.41, 5.74) is 4.34. The van der Waals surface area contributed by atoms with Gasteiger partial charge in [-0.2, -0.15) is 5.10 Å². The van der Waals surface area contributed by atoms with Crippen molar-refractivity contribution in [2.75, 3.05) is 19.8 Å². The average molecular weight is 407 g/mol. The van der Waals surface area contributed by atoms with Gasteiger partial charge in [0.05, 0.1) is 5.69 Å². The Morgan fingerprint density at radius 3 is 2.70 bits per heavy atom. The third-order valence-corrected chi connectivity index (χ3v) is 5.52. The van der Waals surface area contributed by atoms with Crippen molar-refractivity contribution in [3.05, 3.63) is 70.8 Å². The Balaban J connectivity index is 1.29. The lowest BCUT2D eigenvalue weighted by atomic mass is 10.1. The summed E-state index contributed by atoms with van der Waals surface area (Å²) in [4.78, 5) is 12.8. The first-order valence-corrected chi connectivity index (χ1v) is 10.2. The van der Waals surface area contributed by atoms with Crippen LogP contribution >= 0.6 is 0 Å². The highest BCUT2D eigenvalue weighted by atomic mass is 19.1. The fourth-order valence-electron chi connectivity index (χ4n) is 4.06. The van der Waals surface area contributed by atoms with Crippen LogP contribution in [0.4, 0.5) is 4.39 Å². The molecule has 0 fully saturated rings. The maximum atomic E-state index is 13.3. The van der Waals surface area contributed by atoms with Gasteiger partial charge in [-0.15, -0.1) is 0 Å². The molecule has 0 bridgehead atoms. The van der Waals surface area contributed by atoms with Gasteiger partial charge in [-0.3, -0.25) is 4.79 Å². The number of hydrogen-bond acceptors (Lipinski definition) is 4.